The van der Waals surface area contributed by atoms with Crippen LogP contribution in [-0.4, -0.2) is 9.55 Å². The van der Waals surface area contributed by atoms with Crippen LogP contribution in [0.3, 0.4) is 0 Å². The number of rotatable bonds is 2. The van der Waals surface area contributed by atoms with Crippen molar-refractivity contribution < 1.29 is 13.2 Å². The molecule has 0 unspecified atom stereocenters. The van der Waals surface area contributed by atoms with Gasteiger partial charge in [0.1, 0.15) is 5.56 Å². The molecule has 0 saturated heterocycles. The summed E-state index contributed by atoms with van der Waals surface area (Å²) >= 11 is 0. The molecule has 106 valence electrons. The Morgan fingerprint density at radius 1 is 1.20 bits per heavy atom. The summed E-state index contributed by atoms with van der Waals surface area (Å²) in [6.07, 6.45) is -1.97. The summed E-state index contributed by atoms with van der Waals surface area (Å²) in [6, 6.07) is 5.26. The van der Waals surface area contributed by atoms with Gasteiger partial charge in [0.05, 0.1) is 11.9 Å². The van der Waals surface area contributed by atoms with E-state index in [0.717, 1.165) is 16.3 Å². The minimum atomic E-state index is -4.66. The first-order valence-electron chi connectivity index (χ1n) is 6.06. The van der Waals surface area contributed by atoms with Gasteiger partial charge in [0.2, 0.25) is 0 Å². The van der Waals surface area contributed by atoms with Crippen LogP contribution in [0.25, 0.3) is 5.69 Å². The molecule has 3 nitrogen and oxygen atoms in total. The van der Waals surface area contributed by atoms with Crippen molar-refractivity contribution in [3.05, 3.63) is 58.3 Å². The van der Waals surface area contributed by atoms with Crippen molar-refractivity contribution in [2.24, 2.45) is 0 Å². The van der Waals surface area contributed by atoms with Crippen molar-refractivity contribution in [2.45, 2.75) is 25.9 Å². The molecule has 0 saturated carbocycles. The van der Waals surface area contributed by atoms with E-state index in [4.69, 9.17) is 0 Å². The molecule has 2 heterocycles. The zero-order valence-electron chi connectivity index (χ0n) is 11.0. The van der Waals surface area contributed by atoms with Gasteiger partial charge in [0.15, 0.2) is 0 Å². The van der Waals surface area contributed by atoms with Gasteiger partial charge in [-0.25, -0.2) is 0 Å². The van der Waals surface area contributed by atoms with Crippen LogP contribution in [0.1, 0.15) is 31.0 Å². The van der Waals surface area contributed by atoms with Crippen LogP contribution in [0.2, 0.25) is 0 Å². The van der Waals surface area contributed by atoms with Crippen molar-refractivity contribution in [3.63, 3.8) is 0 Å². The van der Waals surface area contributed by atoms with Gasteiger partial charge in [-0.05, 0) is 30.2 Å². The second-order valence-electron chi connectivity index (χ2n) is 4.69. The van der Waals surface area contributed by atoms with Gasteiger partial charge in [-0.2, -0.15) is 13.2 Å². The molecular weight excluding hydrogens is 269 g/mol. The molecule has 2 rings (SSSR count). The van der Waals surface area contributed by atoms with Crippen LogP contribution in [-0.2, 0) is 6.18 Å². The van der Waals surface area contributed by atoms with Gasteiger partial charge in [-0.15, -0.1) is 0 Å². The molecule has 0 amide bonds. The molecule has 0 bridgehead atoms. The van der Waals surface area contributed by atoms with Crippen LogP contribution in [0.5, 0.6) is 0 Å². The molecular formula is C14H13F3N2O. The molecule has 2 aromatic heterocycles. The average molecular weight is 282 g/mol. The van der Waals surface area contributed by atoms with Gasteiger partial charge in [0, 0.05) is 11.9 Å². The summed E-state index contributed by atoms with van der Waals surface area (Å²) in [4.78, 5) is 16.0. The number of aromatic nitrogens is 2. The van der Waals surface area contributed by atoms with E-state index in [2.05, 4.69) is 4.98 Å². The first-order valence-corrected chi connectivity index (χ1v) is 6.06. The fraction of sp³-hybridized carbons (Fsp3) is 0.286. The predicted octanol–water partition coefficient (Wildman–Crippen LogP) is 3.37. The maximum Gasteiger partial charge on any atom is 0.421 e. The zero-order valence-corrected chi connectivity index (χ0v) is 11.0. The fourth-order valence-corrected chi connectivity index (χ4v) is 1.79. The molecule has 0 aromatic carbocycles. The Hall–Kier alpha value is -2.11. The van der Waals surface area contributed by atoms with E-state index in [9.17, 15) is 18.0 Å². The third-order valence-corrected chi connectivity index (χ3v) is 2.89. The van der Waals surface area contributed by atoms with E-state index >= 15 is 0 Å². The summed E-state index contributed by atoms with van der Waals surface area (Å²) in [5.41, 5.74) is -1.16. The van der Waals surface area contributed by atoms with Gasteiger partial charge < -0.3 is 0 Å². The standard InChI is InChI=1S/C14H13F3N2O/c1-9(2)12-6-5-10(8-18-12)19-7-3-4-11(13(19)20)14(15,16)17/h3-9H,1-2H3. The highest BCUT2D eigenvalue weighted by Gasteiger charge is 2.34. The van der Waals surface area contributed by atoms with Crippen molar-refractivity contribution in [1.82, 2.24) is 9.55 Å². The molecule has 0 fully saturated rings. The van der Waals surface area contributed by atoms with E-state index in [1.165, 1.54) is 18.5 Å². The molecule has 2 aromatic rings. The third-order valence-electron chi connectivity index (χ3n) is 2.89. The second kappa shape index (κ2) is 5.11. The largest absolute Gasteiger partial charge is 0.421 e. The topological polar surface area (TPSA) is 34.9 Å². The second-order valence-corrected chi connectivity index (χ2v) is 4.69. The molecule has 0 radical (unpaired) electrons. The third kappa shape index (κ3) is 2.74. The highest BCUT2D eigenvalue weighted by Crippen LogP contribution is 2.26. The summed E-state index contributed by atoms with van der Waals surface area (Å²) in [5.74, 6) is 0.210. The molecule has 0 aliphatic rings. The summed E-state index contributed by atoms with van der Waals surface area (Å²) in [6.45, 7) is 3.91. The Morgan fingerprint density at radius 3 is 2.40 bits per heavy atom. The normalized spacial score (nSPS) is 11.9. The Bertz CT molecular complexity index is 657. The number of pyridine rings is 2. The minimum absolute atomic E-state index is 0.210. The highest BCUT2D eigenvalue weighted by molar-refractivity contribution is 5.32. The predicted molar refractivity (Wildman–Crippen MR) is 68.9 cm³/mol. The van der Waals surface area contributed by atoms with Crippen LogP contribution in [0, 0.1) is 0 Å². The molecule has 0 atom stereocenters. The van der Waals surface area contributed by atoms with E-state index in [1.807, 2.05) is 13.8 Å². The van der Waals surface area contributed by atoms with Crippen molar-refractivity contribution in [1.29, 1.82) is 0 Å². The van der Waals surface area contributed by atoms with E-state index in [-0.39, 0.29) is 5.92 Å². The average Bonchev–Trinajstić information content (AvgIpc) is 2.37. The molecule has 0 spiro atoms. The summed E-state index contributed by atoms with van der Waals surface area (Å²) in [5, 5.41) is 0. The van der Waals surface area contributed by atoms with Crippen molar-refractivity contribution in [3.8, 4) is 5.69 Å². The van der Waals surface area contributed by atoms with Crippen molar-refractivity contribution in [2.75, 3.05) is 0 Å². The number of alkyl halides is 3. The molecule has 0 aliphatic carbocycles. The number of hydrogen-bond donors (Lipinski definition) is 0. The molecule has 20 heavy (non-hydrogen) atoms. The van der Waals surface area contributed by atoms with E-state index < -0.39 is 17.3 Å². The van der Waals surface area contributed by atoms with Crippen molar-refractivity contribution >= 4 is 0 Å². The van der Waals surface area contributed by atoms with Crippen LogP contribution >= 0.6 is 0 Å². The van der Waals surface area contributed by atoms with Gasteiger partial charge >= 0.3 is 6.18 Å². The number of halogens is 3. The van der Waals surface area contributed by atoms with Gasteiger partial charge in [-0.3, -0.25) is 14.3 Å². The molecule has 0 N–H and O–H groups in total. The lowest BCUT2D eigenvalue weighted by atomic mass is 10.1. The molecule has 0 aliphatic heterocycles. The summed E-state index contributed by atoms with van der Waals surface area (Å²) in [7, 11) is 0. The number of hydrogen-bond acceptors (Lipinski definition) is 2. The van der Waals surface area contributed by atoms with Gasteiger partial charge in [0.25, 0.3) is 5.56 Å². The van der Waals surface area contributed by atoms with Crippen LogP contribution < -0.4 is 5.56 Å². The van der Waals surface area contributed by atoms with Crippen LogP contribution in [0.4, 0.5) is 13.2 Å². The Morgan fingerprint density at radius 2 is 1.90 bits per heavy atom. The number of nitrogens with zero attached hydrogens (tertiary/aromatic N) is 2. The smallest absolute Gasteiger partial charge is 0.282 e. The Kier molecular flexibility index (Phi) is 3.65. The van der Waals surface area contributed by atoms with E-state index in [0.29, 0.717) is 5.69 Å². The first-order chi connectivity index (χ1) is 9.30. The monoisotopic (exact) mass is 282 g/mol. The van der Waals surface area contributed by atoms with E-state index in [1.54, 1.807) is 12.1 Å². The van der Waals surface area contributed by atoms with Crippen LogP contribution in [0.15, 0.2) is 41.5 Å². The SMILES string of the molecule is CC(C)c1ccc(-n2cccc(C(F)(F)F)c2=O)cn1. The summed E-state index contributed by atoms with van der Waals surface area (Å²) < 4.78 is 39.0. The first kappa shape index (κ1) is 14.3. The maximum absolute atomic E-state index is 12.7. The zero-order chi connectivity index (χ0) is 14.9. The Balaban J connectivity index is 2.51. The quantitative estimate of drug-likeness (QED) is 0.846. The van der Waals surface area contributed by atoms with Gasteiger partial charge in [-0.1, -0.05) is 13.8 Å². The maximum atomic E-state index is 12.7. The highest BCUT2D eigenvalue weighted by atomic mass is 19.4. The minimum Gasteiger partial charge on any atom is -0.282 e. The molecule has 6 heteroatoms. The lowest BCUT2D eigenvalue weighted by molar-refractivity contribution is -0.138. The lowest BCUT2D eigenvalue weighted by Gasteiger charge is -2.11. The Labute approximate surface area is 113 Å². The lowest BCUT2D eigenvalue weighted by Crippen LogP contribution is -2.27. The fourth-order valence-electron chi connectivity index (χ4n) is 1.79.